The SMILES string of the molecule is CCC1OCCc2cc(Br)ccc21. The number of ether oxygens (including phenoxy) is 1. The van der Waals surface area contributed by atoms with Gasteiger partial charge >= 0.3 is 0 Å². The third kappa shape index (κ3) is 1.79. The summed E-state index contributed by atoms with van der Waals surface area (Å²) in [7, 11) is 0. The predicted molar refractivity (Wildman–Crippen MR) is 56.8 cm³/mol. The smallest absolute Gasteiger partial charge is 0.0825 e. The maximum atomic E-state index is 5.68. The number of rotatable bonds is 1. The molecule has 1 aliphatic rings. The number of halogens is 1. The molecule has 2 heteroatoms. The van der Waals surface area contributed by atoms with Crippen molar-refractivity contribution < 1.29 is 4.74 Å². The third-order valence-electron chi connectivity index (χ3n) is 2.51. The molecule has 0 aliphatic carbocycles. The first-order valence-electron chi connectivity index (χ1n) is 4.71. The van der Waals surface area contributed by atoms with Gasteiger partial charge in [0, 0.05) is 4.47 Å². The standard InChI is InChI=1S/C11H13BrO/c1-2-11-10-4-3-9(12)7-8(10)5-6-13-11/h3-4,7,11H,2,5-6H2,1H3. The highest BCUT2D eigenvalue weighted by Crippen LogP contribution is 2.30. The number of fused-ring (bicyclic) bond motifs is 1. The maximum Gasteiger partial charge on any atom is 0.0825 e. The molecule has 13 heavy (non-hydrogen) atoms. The van der Waals surface area contributed by atoms with Gasteiger partial charge in [-0.25, -0.2) is 0 Å². The summed E-state index contributed by atoms with van der Waals surface area (Å²) >= 11 is 3.49. The summed E-state index contributed by atoms with van der Waals surface area (Å²) in [6.45, 7) is 3.03. The van der Waals surface area contributed by atoms with Crippen molar-refractivity contribution in [3.63, 3.8) is 0 Å². The molecule has 0 saturated heterocycles. The fourth-order valence-electron chi connectivity index (χ4n) is 1.84. The molecule has 0 radical (unpaired) electrons. The van der Waals surface area contributed by atoms with Crippen molar-refractivity contribution in [2.75, 3.05) is 6.61 Å². The molecule has 2 rings (SSSR count). The Hall–Kier alpha value is -0.340. The van der Waals surface area contributed by atoms with Gasteiger partial charge in [0.15, 0.2) is 0 Å². The minimum atomic E-state index is 0.317. The van der Waals surface area contributed by atoms with Crippen LogP contribution in [0.5, 0.6) is 0 Å². The molecule has 0 saturated carbocycles. The van der Waals surface area contributed by atoms with Crippen LogP contribution in [-0.2, 0) is 11.2 Å². The molecule has 70 valence electrons. The minimum absolute atomic E-state index is 0.317. The molecule has 1 nitrogen and oxygen atoms in total. The average Bonchev–Trinajstić information content (AvgIpc) is 2.16. The lowest BCUT2D eigenvalue weighted by Crippen LogP contribution is -2.15. The van der Waals surface area contributed by atoms with E-state index in [2.05, 4.69) is 41.1 Å². The van der Waals surface area contributed by atoms with Crippen LogP contribution < -0.4 is 0 Å². The first-order chi connectivity index (χ1) is 6.31. The third-order valence-corrected chi connectivity index (χ3v) is 3.01. The largest absolute Gasteiger partial charge is 0.373 e. The summed E-state index contributed by atoms with van der Waals surface area (Å²) in [5.41, 5.74) is 2.81. The van der Waals surface area contributed by atoms with E-state index in [0.717, 1.165) is 19.4 Å². The molecule has 1 atom stereocenters. The zero-order chi connectivity index (χ0) is 9.26. The van der Waals surface area contributed by atoms with E-state index >= 15 is 0 Å². The minimum Gasteiger partial charge on any atom is -0.373 e. The second kappa shape index (κ2) is 3.81. The van der Waals surface area contributed by atoms with Crippen molar-refractivity contribution >= 4 is 15.9 Å². The Morgan fingerprint density at radius 1 is 1.54 bits per heavy atom. The highest BCUT2D eigenvalue weighted by molar-refractivity contribution is 9.10. The molecule has 1 aromatic rings. The van der Waals surface area contributed by atoms with Gasteiger partial charge in [-0.15, -0.1) is 0 Å². The summed E-state index contributed by atoms with van der Waals surface area (Å²) in [4.78, 5) is 0. The van der Waals surface area contributed by atoms with Gasteiger partial charge in [-0.05, 0) is 36.1 Å². The van der Waals surface area contributed by atoms with Gasteiger partial charge in [0.05, 0.1) is 12.7 Å². The molecule has 0 bridgehead atoms. The normalized spacial score (nSPS) is 21.2. The zero-order valence-electron chi connectivity index (χ0n) is 7.72. The molecule has 0 aromatic heterocycles. The van der Waals surface area contributed by atoms with Crippen molar-refractivity contribution in [1.29, 1.82) is 0 Å². The monoisotopic (exact) mass is 240 g/mol. The van der Waals surface area contributed by atoms with Crippen LogP contribution in [0.2, 0.25) is 0 Å². The summed E-state index contributed by atoms with van der Waals surface area (Å²) in [5.74, 6) is 0. The van der Waals surface area contributed by atoms with E-state index in [0.29, 0.717) is 6.10 Å². The molecule has 0 amide bonds. The van der Waals surface area contributed by atoms with Gasteiger partial charge in [0.2, 0.25) is 0 Å². The highest BCUT2D eigenvalue weighted by atomic mass is 79.9. The van der Waals surface area contributed by atoms with Gasteiger partial charge in [0.25, 0.3) is 0 Å². The Morgan fingerprint density at radius 2 is 2.38 bits per heavy atom. The second-order valence-electron chi connectivity index (χ2n) is 3.36. The van der Waals surface area contributed by atoms with E-state index in [9.17, 15) is 0 Å². The number of hydrogen-bond acceptors (Lipinski definition) is 1. The summed E-state index contributed by atoms with van der Waals surface area (Å²) in [6, 6.07) is 6.48. The fourth-order valence-corrected chi connectivity index (χ4v) is 2.25. The second-order valence-corrected chi connectivity index (χ2v) is 4.28. The van der Waals surface area contributed by atoms with E-state index in [1.807, 2.05) is 0 Å². The summed E-state index contributed by atoms with van der Waals surface area (Å²) in [6.07, 6.45) is 2.43. The van der Waals surface area contributed by atoms with Crippen molar-refractivity contribution in [2.45, 2.75) is 25.9 Å². The molecular formula is C11H13BrO. The van der Waals surface area contributed by atoms with E-state index in [4.69, 9.17) is 4.74 Å². The molecule has 1 aromatic carbocycles. The Labute approximate surface area is 87.2 Å². The molecule has 0 fully saturated rings. The van der Waals surface area contributed by atoms with Crippen LogP contribution in [0.25, 0.3) is 0 Å². The topological polar surface area (TPSA) is 9.23 Å². The Balaban J connectivity index is 2.40. The quantitative estimate of drug-likeness (QED) is 0.731. The first-order valence-corrected chi connectivity index (χ1v) is 5.50. The zero-order valence-corrected chi connectivity index (χ0v) is 9.30. The van der Waals surface area contributed by atoms with Crippen LogP contribution >= 0.6 is 15.9 Å². The highest BCUT2D eigenvalue weighted by Gasteiger charge is 2.18. The summed E-state index contributed by atoms with van der Waals surface area (Å²) in [5, 5.41) is 0. The van der Waals surface area contributed by atoms with Gasteiger partial charge in [-0.3, -0.25) is 0 Å². The van der Waals surface area contributed by atoms with Crippen LogP contribution in [0.4, 0.5) is 0 Å². The number of hydrogen-bond donors (Lipinski definition) is 0. The van der Waals surface area contributed by atoms with E-state index in [-0.39, 0.29) is 0 Å². The predicted octanol–water partition coefficient (Wildman–Crippen LogP) is 3.47. The Morgan fingerprint density at radius 3 is 3.15 bits per heavy atom. The van der Waals surface area contributed by atoms with Gasteiger partial charge in [0.1, 0.15) is 0 Å². The van der Waals surface area contributed by atoms with Crippen molar-refractivity contribution in [3.8, 4) is 0 Å². The van der Waals surface area contributed by atoms with E-state index in [1.54, 1.807) is 0 Å². The Bertz CT molecular complexity index is 309. The molecule has 1 heterocycles. The van der Waals surface area contributed by atoms with Crippen LogP contribution in [0.1, 0.15) is 30.6 Å². The lowest BCUT2D eigenvalue weighted by atomic mass is 9.96. The Kier molecular flexibility index (Phi) is 2.70. The van der Waals surface area contributed by atoms with Crippen LogP contribution in [-0.4, -0.2) is 6.61 Å². The fraction of sp³-hybridized carbons (Fsp3) is 0.455. The van der Waals surface area contributed by atoms with Gasteiger partial charge in [-0.2, -0.15) is 0 Å². The van der Waals surface area contributed by atoms with Gasteiger partial charge in [-0.1, -0.05) is 28.9 Å². The molecule has 1 aliphatic heterocycles. The van der Waals surface area contributed by atoms with Crippen molar-refractivity contribution in [1.82, 2.24) is 0 Å². The lowest BCUT2D eigenvalue weighted by molar-refractivity contribution is 0.0399. The maximum absolute atomic E-state index is 5.68. The average molecular weight is 241 g/mol. The molecular weight excluding hydrogens is 228 g/mol. The van der Waals surface area contributed by atoms with Crippen LogP contribution in [0.15, 0.2) is 22.7 Å². The lowest BCUT2D eigenvalue weighted by Gasteiger charge is -2.25. The van der Waals surface area contributed by atoms with E-state index < -0.39 is 0 Å². The van der Waals surface area contributed by atoms with E-state index in [1.165, 1.54) is 15.6 Å². The number of benzene rings is 1. The molecule has 0 spiro atoms. The van der Waals surface area contributed by atoms with Crippen molar-refractivity contribution in [2.24, 2.45) is 0 Å². The first kappa shape index (κ1) is 9.22. The van der Waals surface area contributed by atoms with Crippen molar-refractivity contribution in [3.05, 3.63) is 33.8 Å². The summed E-state index contributed by atoms with van der Waals surface area (Å²) < 4.78 is 6.85. The molecule has 1 unspecified atom stereocenters. The van der Waals surface area contributed by atoms with Crippen LogP contribution in [0.3, 0.4) is 0 Å². The van der Waals surface area contributed by atoms with Crippen LogP contribution in [0, 0.1) is 0 Å². The molecule has 0 N–H and O–H groups in total. The van der Waals surface area contributed by atoms with Gasteiger partial charge < -0.3 is 4.74 Å².